The molecule has 5 nitrogen and oxygen atoms in total. The van der Waals surface area contributed by atoms with E-state index in [4.69, 9.17) is 5.11 Å². The smallest absolute Gasteiger partial charge is 0.313 e. The lowest BCUT2D eigenvalue weighted by molar-refractivity contribution is -0.142. The van der Waals surface area contributed by atoms with E-state index in [2.05, 4.69) is 5.32 Å². The number of rotatable bonds is 3. The van der Waals surface area contributed by atoms with Gasteiger partial charge in [-0.3, -0.25) is 9.59 Å². The second-order valence-corrected chi connectivity index (χ2v) is 4.15. The van der Waals surface area contributed by atoms with Crippen LogP contribution in [0.5, 0.6) is 0 Å². The number of likely N-dealkylation sites (N-methyl/N-ethyl adjacent to an activating group) is 1. The molecule has 0 heterocycles. The van der Waals surface area contributed by atoms with Crippen molar-refractivity contribution in [3.63, 3.8) is 0 Å². The molecule has 0 unspecified atom stereocenters. The highest BCUT2D eigenvalue weighted by molar-refractivity contribution is 6.39. The molecular formula is C13H18N2O3. The molecule has 0 aliphatic carbocycles. The lowest BCUT2D eigenvalue weighted by Gasteiger charge is -2.16. The van der Waals surface area contributed by atoms with E-state index < -0.39 is 11.8 Å². The molecule has 0 saturated heterocycles. The van der Waals surface area contributed by atoms with Gasteiger partial charge >= 0.3 is 11.8 Å². The molecule has 98 valence electrons. The number of carbonyl (C=O) groups excluding carboxylic acids is 2. The molecule has 0 fully saturated rings. The Bertz CT molecular complexity index is 458. The molecule has 2 N–H and O–H groups in total. The number of benzene rings is 1. The van der Waals surface area contributed by atoms with E-state index >= 15 is 0 Å². The average molecular weight is 250 g/mol. The van der Waals surface area contributed by atoms with Crippen molar-refractivity contribution in [3.8, 4) is 0 Å². The zero-order valence-corrected chi connectivity index (χ0v) is 10.9. The number of hydrogen-bond acceptors (Lipinski definition) is 3. The average Bonchev–Trinajstić information content (AvgIpc) is 2.34. The van der Waals surface area contributed by atoms with E-state index in [9.17, 15) is 9.59 Å². The topological polar surface area (TPSA) is 69.6 Å². The molecule has 1 rings (SSSR count). The van der Waals surface area contributed by atoms with Gasteiger partial charge in [0.25, 0.3) is 0 Å². The first kappa shape index (κ1) is 14.2. The van der Waals surface area contributed by atoms with Crippen LogP contribution in [-0.2, 0) is 9.59 Å². The second-order valence-electron chi connectivity index (χ2n) is 4.15. The van der Waals surface area contributed by atoms with Gasteiger partial charge in [-0.1, -0.05) is 12.1 Å². The normalized spacial score (nSPS) is 10.0. The molecule has 0 bridgehead atoms. The van der Waals surface area contributed by atoms with Gasteiger partial charge in [0.15, 0.2) is 0 Å². The van der Waals surface area contributed by atoms with Crippen LogP contribution in [0.4, 0.5) is 5.69 Å². The summed E-state index contributed by atoms with van der Waals surface area (Å²) in [5.74, 6) is -1.36. The van der Waals surface area contributed by atoms with Gasteiger partial charge in [-0.2, -0.15) is 0 Å². The summed E-state index contributed by atoms with van der Waals surface area (Å²) in [6, 6.07) is 5.50. The molecule has 0 atom stereocenters. The van der Waals surface area contributed by atoms with Gasteiger partial charge in [-0.05, 0) is 31.0 Å². The fraction of sp³-hybridized carbons (Fsp3) is 0.385. The highest BCUT2D eigenvalue weighted by atomic mass is 16.3. The molecule has 0 saturated carbocycles. The molecule has 0 aliphatic heterocycles. The quantitative estimate of drug-likeness (QED) is 0.776. The van der Waals surface area contributed by atoms with E-state index in [-0.39, 0.29) is 13.2 Å². The first-order valence-corrected chi connectivity index (χ1v) is 5.71. The van der Waals surface area contributed by atoms with Gasteiger partial charge in [-0.25, -0.2) is 0 Å². The van der Waals surface area contributed by atoms with E-state index in [0.717, 1.165) is 11.1 Å². The van der Waals surface area contributed by atoms with E-state index in [1.807, 2.05) is 26.0 Å². The largest absolute Gasteiger partial charge is 0.395 e. The number of nitrogens with one attached hydrogen (secondary N) is 1. The minimum Gasteiger partial charge on any atom is -0.395 e. The monoisotopic (exact) mass is 250 g/mol. The van der Waals surface area contributed by atoms with Crippen LogP contribution in [0, 0.1) is 13.8 Å². The number of aryl methyl sites for hydroxylation is 1. The third-order valence-electron chi connectivity index (χ3n) is 2.83. The maximum Gasteiger partial charge on any atom is 0.313 e. The first-order chi connectivity index (χ1) is 8.47. The van der Waals surface area contributed by atoms with Gasteiger partial charge in [-0.15, -0.1) is 0 Å². The summed E-state index contributed by atoms with van der Waals surface area (Å²) in [4.78, 5) is 24.5. The molecule has 0 aromatic heterocycles. The van der Waals surface area contributed by atoms with Crippen LogP contribution in [-0.4, -0.2) is 42.0 Å². The standard InChI is InChI=1S/C13H18N2O3/c1-9-5-4-6-11(10(9)2)14-12(17)13(18)15(3)7-8-16/h4-6,16H,7-8H2,1-3H3,(H,14,17). The third kappa shape index (κ3) is 3.30. The molecule has 0 spiro atoms. The van der Waals surface area contributed by atoms with Crippen LogP contribution in [0.25, 0.3) is 0 Å². The molecule has 18 heavy (non-hydrogen) atoms. The fourth-order valence-corrected chi connectivity index (χ4v) is 1.49. The Balaban J connectivity index is 2.76. The Morgan fingerprint density at radius 2 is 2.00 bits per heavy atom. The van der Waals surface area contributed by atoms with Crippen molar-refractivity contribution in [2.45, 2.75) is 13.8 Å². The highest BCUT2D eigenvalue weighted by Crippen LogP contribution is 2.17. The van der Waals surface area contributed by atoms with Crippen LogP contribution < -0.4 is 5.32 Å². The second kappa shape index (κ2) is 6.16. The van der Waals surface area contributed by atoms with Crippen LogP contribution in [0.1, 0.15) is 11.1 Å². The van der Waals surface area contributed by atoms with Gasteiger partial charge < -0.3 is 15.3 Å². The summed E-state index contributed by atoms with van der Waals surface area (Å²) >= 11 is 0. The lowest BCUT2D eigenvalue weighted by Crippen LogP contribution is -2.38. The van der Waals surface area contributed by atoms with Gasteiger partial charge in [0.2, 0.25) is 0 Å². The van der Waals surface area contributed by atoms with Crippen molar-refractivity contribution in [2.24, 2.45) is 0 Å². The van der Waals surface area contributed by atoms with Crippen LogP contribution in [0.15, 0.2) is 18.2 Å². The number of nitrogens with zero attached hydrogens (tertiary/aromatic N) is 1. The molecule has 5 heteroatoms. The summed E-state index contributed by atoms with van der Waals surface area (Å²) in [5.41, 5.74) is 2.61. The number of aliphatic hydroxyl groups is 1. The number of anilines is 1. The zero-order valence-electron chi connectivity index (χ0n) is 10.9. The van der Waals surface area contributed by atoms with Crippen molar-refractivity contribution >= 4 is 17.5 Å². The predicted octanol–water partition coefficient (Wildman–Crippen LogP) is 0.693. The molecule has 1 aromatic carbocycles. The molecule has 1 aromatic rings. The number of hydrogen-bond donors (Lipinski definition) is 2. The minimum absolute atomic E-state index is 0.138. The van der Waals surface area contributed by atoms with Crippen LogP contribution in [0.3, 0.4) is 0 Å². The molecular weight excluding hydrogens is 232 g/mol. The Morgan fingerprint density at radius 3 is 2.61 bits per heavy atom. The summed E-state index contributed by atoms with van der Waals surface area (Å²) in [6.45, 7) is 3.79. The maximum absolute atomic E-state index is 11.7. The van der Waals surface area contributed by atoms with E-state index in [0.29, 0.717) is 5.69 Å². The summed E-state index contributed by atoms with van der Waals surface area (Å²) < 4.78 is 0. The molecule has 2 amide bonds. The number of aliphatic hydroxyl groups excluding tert-OH is 1. The van der Waals surface area contributed by atoms with Crippen LogP contribution >= 0.6 is 0 Å². The van der Waals surface area contributed by atoms with E-state index in [1.54, 1.807) is 6.07 Å². The van der Waals surface area contributed by atoms with Crippen molar-refractivity contribution in [1.82, 2.24) is 4.90 Å². The Kier molecular flexibility index (Phi) is 4.85. The first-order valence-electron chi connectivity index (χ1n) is 5.71. The lowest BCUT2D eigenvalue weighted by atomic mass is 10.1. The van der Waals surface area contributed by atoms with Gasteiger partial charge in [0.05, 0.1) is 6.61 Å². The fourth-order valence-electron chi connectivity index (χ4n) is 1.49. The van der Waals surface area contributed by atoms with E-state index in [1.165, 1.54) is 11.9 Å². The Labute approximate surface area is 106 Å². The van der Waals surface area contributed by atoms with Crippen molar-refractivity contribution in [3.05, 3.63) is 29.3 Å². The van der Waals surface area contributed by atoms with Gasteiger partial charge in [0, 0.05) is 19.3 Å². The van der Waals surface area contributed by atoms with Crippen molar-refractivity contribution in [2.75, 3.05) is 25.5 Å². The Hall–Kier alpha value is -1.88. The minimum atomic E-state index is -0.695. The van der Waals surface area contributed by atoms with Gasteiger partial charge in [0.1, 0.15) is 0 Å². The number of carbonyl (C=O) groups is 2. The Morgan fingerprint density at radius 1 is 1.33 bits per heavy atom. The van der Waals surface area contributed by atoms with Crippen LogP contribution in [0.2, 0.25) is 0 Å². The molecule has 0 aliphatic rings. The highest BCUT2D eigenvalue weighted by Gasteiger charge is 2.18. The zero-order chi connectivity index (χ0) is 13.7. The maximum atomic E-state index is 11.7. The summed E-state index contributed by atoms with van der Waals surface area (Å²) in [5, 5.41) is 11.3. The van der Waals surface area contributed by atoms with Crippen molar-refractivity contribution in [1.29, 1.82) is 0 Å². The van der Waals surface area contributed by atoms with Crippen molar-refractivity contribution < 1.29 is 14.7 Å². The third-order valence-corrected chi connectivity index (χ3v) is 2.83. The summed E-state index contributed by atoms with van der Waals surface area (Å²) in [6.07, 6.45) is 0. The summed E-state index contributed by atoms with van der Waals surface area (Å²) in [7, 11) is 1.47. The molecule has 0 radical (unpaired) electrons. The SMILES string of the molecule is Cc1cccc(NC(=O)C(=O)N(C)CCO)c1C. The predicted molar refractivity (Wildman–Crippen MR) is 69.3 cm³/mol. The number of amides is 2.